The number of fused-ring (bicyclic) bond motifs is 12. The van der Waals surface area contributed by atoms with Crippen molar-refractivity contribution in [2.75, 3.05) is 0 Å². The van der Waals surface area contributed by atoms with Crippen LogP contribution < -0.4 is 0 Å². The van der Waals surface area contributed by atoms with Crippen LogP contribution in [0.15, 0.2) is 197 Å². The molecule has 0 aliphatic heterocycles. The molecule has 6 heteroatoms. The standard InChI is InChI=1S/C60H37N3O2S/c1-60(2)46-21-6-3-16-41(46)54-38(18-10-22-47(54)60)36-14-9-13-34(31-36)35-28-30-49-45(32-35)56-44(20-12-25-51(56)65-49)59-62-57(37-27-29-40-39-15-5-8-26-52(39)66-53(40)33-37)61-58(63-59)43-19-11-24-50-55(43)42-17-4-7-23-48(42)64-50/h3-33H,1-2H3. The summed E-state index contributed by atoms with van der Waals surface area (Å²) >= 11 is 1.79. The first kappa shape index (κ1) is 37.2. The third kappa shape index (κ3) is 5.49. The lowest BCUT2D eigenvalue weighted by atomic mass is 9.82. The highest BCUT2D eigenvalue weighted by Gasteiger charge is 2.36. The zero-order valence-corrected chi connectivity index (χ0v) is 36.8. The van der Waals surface area contributed by atoms with Crippen molar-refractivity contribution in [2.24, 2.45) is 0 Å². The third-order valence-corrected chi connectivity index (χ3v) is 14.9. The van der Waals surface area contributed by atoms with Crippen LogP contribution in [0.1, 0.15) is 25.0 Å². The predicted molar refractivity (Wildman–Crippen MR) is 272 cm³/mol. The quantitative estimate of drug-likeness (QED) is 0.172. The van der Waals surface area contributed by atoms with E-state index in [2.05, 4.69) is 159 Å². The van der Waals surface area contributed by atoms with Gasteiger partial charge in [0.15, 0.2) is 17.5 Å². The smallest absolute Gasteiger partial charge is 0.164 e. The monoisotopic (exact) mass is 863 g/mol. The number of aromatic nitrogens is 3. The Kier molecular flexibility index (Phi) is 7.84. The van der Waals surface area contributed by atoms with Crippen LogP contribution in [0.3, 0.4) is 0 Å². The fourth-order valence-corrected chi connectivity index (χ4v) is 11.8. The van der Waals surface area contributed by atoms with Gasteiger partial charge in [0.25, 0.3) is 0 Å². The van der Waals surface area contributed by atoms with Crippen LogP contribution in [0.2, 0.25) is 0 Å². The highest BCUT2D eigenvalue weighted by molar-refractivity contribution is 7.25. The number of benzene rings is 9. The van der Waals surface area contributed by atoms with Gasteiger partial charge >= 0.3 is 0 Å². The van der Waals surface area contributed by atoms with E-state index in [1.54, 1.807) is 11.3 Å². The molecule has 0 spiro atoms. The van der Waals surface area contributed by atoms with E-state index in [1.165, 1.54) is 53.6 Å². The Balaban J connectivity index is 0.952. The summed E-state index contributed by atoms with van der Waals surface area (Å²) in [4.78, 5) is 15.9. The van der Waals surface area contributed by atoms with Crippen LogP contribution in [-0.4, -0.2) is 15.0 Å². The zero-order chi connectivity index (χ0) is 43.7. The second kappa shape index (κ2) is 13.9. The molecule has 0 fully saturated rings. The van der Waals surface area contributed by atoms with E-state index >= 15 is 0 Å². The average Bonchev–Trinajstić information content (AvgIpc) is 4.11. The largest absolute Gasteiger partial charge is 0.456 e. The molecule has 4 aromatic heterocycles. The Bertz CT molecular complexity index is 4170. The first-order valence-electron chi connectivity index (χ1n) is 22.3. The van der Waals surface area contributed by atoms with Crippen LogP contribution in [0.5, 0.6) is 0 Å². The van der Waals surface area contributed by atoms with E-state index in [4.69, 9.17) is 23.8 Å². The van der Waals surface area contributed by atoms with E-state index < -0.39 is 0 Å². The number of rotatable bonds is 5. The van der Waals surface area contributed by atoms with Gasteiger partial charge in [0.05, 0.1) is 0 Å². The Morgan fingerprint density at radius 3 is 1.76 bits per heavy atom. The summed E-state index contributed by atoms with van der Waals surface area (Å²) in [6, 6.07) is 66.6. The highest BCUT2D eigenvalue weighted by atomic mass is 32.1. The summed E-state index contributed by atoms with van der Waals surface area (Å²) in [6.45, 7) is 4.67. The summed E-state index contributed by atoms with van der Waals surface area (Å²) < 4.78 is 15.4. The Morgan fingerprint density at radius 2 is 0.924 bits per heavy atom. The maximum Gasteiger partial charge on any atom is 0.164 e. The molecule has 9 aromatic carbocycles. The third-order valence-electron chi connectivity index (χ3n) is 13.8. The van der Waals surface area contributed by atoms with E-state index in [0.29, 0.717) is 17.5 Å². The number of hydrogen-bond donors (Lipinski definition) is 0. The minimum absolute atomic E-state index is 0.0710. The lowest BCUT2D eigenvalue weighted by Gasteiger charge is -2.21. The molecule has 66 heavy (non-hydrogen) atoms. The van der Waals surface area contributed by atoms with Gasteiger partial charge in [-0.15, -0.1) is 11.3 Å². The van der Waals surface area contributed by atoms with Crippen molar-refractivity contribution in [3.8, 4) is 67.5 Å². The summed E-state index contributed by atoms with van der Waals surface area (Å²) in [6.07, 6.45) is 0. The lowest BCUT2D eigenvalue weighted by molar-refractivity contribution is 0.660. The van der Waals surface area contributed by atoms with Crippen molar-refractivity contribution < 1.29 is 8.83 Å². The van der Waals surface area contributed by atoms with Gasteiger partial charge in [-0.05, 0) is 93.0 Å². The predicted octanol–water partition coefficient (Wildman–Crippen LogP) is 16.7. The van der Waals surface area contributed by atoms with E-state index in [1.807, 2.05) is 42.5 Å². The maximum absolute atomic E-state index is 6.62. The van der Waals surface area contributed by atoms with Crippen molar-refractivity contribution in [3.63, 3.8) is 0 Å². The van der Waals surface area contributed by atoms with Crippen molar-refractivity contribution >= 4 is 75.4 Å². The Labute approximate surface area is 383 Å². The van der Waals surface area contributed by atoms with E-state index in [0.717, 1.165) is 71.7 Å². The second-order valence-corrected chi connectivity index (χ2v) is 18.9. The second-order valence-electron chi connectivity index (χ2n) is 17.9. The summed E-state index contributed by atoms with van der Waals surface area (Å²) in [5, 5.41) is 6.42. The van der Waals surface area contributed by atoms with Gasteiger partial charge in [-0.2, -0.15) is 0 Å². The Morgan fingerprint density at radius 1 is 0.364 bits per heavy atom. The summed E-state index contributed by atoms with van der Waals surface area (Å²) in [5.74, 6) is 1.74. The van der Waals surface area contributed by atoms with Crippen LogP contribution in [-0.2, 0) is 5.41 Å². The first-order chi connectivity index (χ1) is 32.4. The fourth-order valence-electron chi connectivity index (χ4n) is 10.6. The van der Waals surface area contributed by atoms with Crippen molar-refractivity contribution in [2.45, 2.75) is 19.3 Å². The van der Waals surface area contributed by atoms with Gasteiger partial charge in [-0.1, -0.05) is 153 Å². The van der Waals surface area contributed by atoms with Crippen LogP contribution >= 0.6 is 11.3 Å². The number of furan rings is 2. The molecule has 0 radical (unpaired) electrons. The van der Waals surface area contributed by atoms with Crippen LogP contribution in [0, 0.1) is 0 Å². The molecule has 0 N–H and O–H groups in total. The molecule has 0 bridgehead atoms. The molecule has 5 nitrogen and oxygen atoms in total. The summed E-state index contributed by atoms with van der Waals surface area (Å²) in [5.41, 5.74) is 15.8. The number of thiophene rings is 1. The minimum atomic E-state index is -0.0710. The average molecular weight is 864 g/mol. The maximum atomic E-state index is 6.62. The zero-order valence-electron chi connectivity index (χ0n) is 36.0. The SMILES string of the molecule is CC1(C)c2ccccc2-c2c(-c3cccc(-c4ccc5oc6cccc(-c7nc(-c8ccc9c(c8)sc8ccccc89)nc(-c8cccc9oc%10ccccc%10c89)n7)c6c5c4)c3)cccc21. The molecular weight excluding hydrogens is 827 g/mol. The molecule has 1 aliphatic carbocycles. The molecule has 0 saturated carbocycles. The first-order valence-corrected chi connectivity index (χ1v) is 23.1. The van der Waals surface area contributed by atoms with Gasteiger partial charge in [0.1, 0.15) is 22.3 Å². The fraction of sp³-hybridized carbons (Fsp3) is 0.0500. The molecule has 14 rings (SSSR count). The number of nitrogens with zero attached hydrogens (tertiary/aromatic N) is 3. The highest BCUT2D eigenvalue weighted by Crippen LogP contribution is 2.52. The van der Waals surface area contributed by atoms with Crippen molar-refractivity contribution in [1.82, 2.24) is 15.0 Å². The van der Waals surface area contributed by atoms with E-state index in [-0.39, 0.29) is 5.41 Å². The van der Waals surface area contributed by atoms with Crippen LogP contribution in [0.25, 0.3) is 132 Å². The topological polar surface area (TPSA) is 65.0 Å². The van der Waals surface area contributed by atoms with Crippen molar-refractivity contribution in [3.05, 3.63) is 199 Å². The summed E-state index contributed by atoms with van der Waals surface area (Å²) in [7, 11) is 0. The Hall–Kier alpha value is -8.19. The van der Waals surface area contributed by atoms with Gasteiger partial charge in [-0.3, -0.25) is 0 Å². The molecule has 1 aliphatic rings. The normalized spacial score (nSPS) is 13.1. The molecule has 0 unspecified atom stereocenters. The number of hydrogen-bond acceptors (Lipinski definition) is 6. The van der Waals surface area contributed by atoms with Crippen LogP contribution in [0.4, 0.5) is 0 Å². The van der Waals surface area contributed by atoms with Gasteiger partial charge in [0, 0.05) is 63.8 Å². The van der Waals surface area contributed by atoms with Gasteiger partial charge in [-0.25, -0.2) is 15.0 Å². The van der Waals surface area contributed by atoms with Gasteiger partial charge in [0.2, 0.25) is 0 Å². The number of para-hydroxylation sites is 1. The minimum Gasteiger partial charge on any atom is -0.456 e. The molecular formula is C60H37N3O2S. The van der Waals surface area contributed by atoms with E-state index in [9.17, 15) is 0 Å². The molecule has 0 amide bonds. The molecule has 0 saturated heterocycles. The molecule has 4 heterocycles. The molecule has 0 atom stereocenters. The molecule has 310 valence electrons. The van der Waals surface area contributed by atoms with Gasteiger partial charge < -0.3 is 8.83 Å². The molecule has 13 aromatic rings. The lowest BCUT2D eigenvalue weighted by Crippen LogP contribution is -2.14. The van der Waals surface area contributed by atoms with Crippen molar-refractivity contribution in [1.29, 1.82) is 0 Å².